The van der Waals surface area contributed by atoms with E-state index in [9.17, 15) is 0 Å². The lowest BCUT2D eigenvalue weighted by atomic mass is 10.2. The van der Waals surface area contributed by atoms with Crippen molar-refractivity contribution in [1.29, 1.82) is 0 Å². The van der Waals surface area contributed by atoms with E-state index in [1.807, 2.05) is 18.2 Å². The zero-order chi connectivity index (χ0) is 10.8. The topological polar surface area (TPSA) is 12.4 Å². The molecule has 14 heavy (non-hydrogen) atoms. The molecule has 0 aromatic carbocycles. The molecule has 0 rings (SSSR count). The molecule has 0 heterocycles. The number of hydrogen-bond donors (Lipinski definition) is 0. The molecule has 0 radical (unpaired) electrons. The van der Waals surface area contributed by atoms with Crippen molar-refractivity contribution in [2.75, 3.05) is 0 Å². The van der Waals surface area contributed by atoms with Gasteiger partial charge in [0.25, 0.3) is 0 Å². The molecule has 72 valence electrons. The standard InChI is InChI=1S/C13H15N/c1-5-8-9-10-13(12(4)7-3)14-11-6-2/h5-11H,1-4H2/b9-8-,13-10+,14-11?. The third-order valence-electron chi connectivity index (χ3n) is 1.40. The molecule has 0 fully saturated rings. The monoisotopic (exact) mass is 185 g/mol. The fourth-order valence-corrected chi connectivity index (χ4v) is 0.696. The van der Waals surface area contributed by atoms with E-state index in [-0.39, 0.29) is 0 Å². The lowest BCUT2D eigenvalue weighted by Gasteiger charge is -1.97. The number of hydrogen-bond acceptors (Lipinski definition) is 1. The summed E-state index contributed by atoms with van der Waals surface area (Å²) in [5.41, 5.74) is 1.54. The van der Waals surface area contributed by atoms with Crippen LogP contribution in [-0.4, -0.2) is 6.21 Å². The van der Waals surface area contributed by atoms with Crippen LogP contribution in [0.5, 0.6) is 0 Å². The summed E-state index contributed by atoms with van der Waals surface area (Å²) < 4.78 is 0. The van der Waals surface area contributed by atoms with E-state index in [4.69, 9.17) is 0 Å². The largest absolute Gasteiger partial charge is 0.256 e. The molecule has 0 aliphatic heterocycles. The maximum absolute atomic E-state index is 4.15. The summed E-state index contributed by atoms with van der Waals surface area (Å²) in [6.45, 7) is 14.6. The molecular weight excluding hydrogens is 170 g/mol. The van der Waals surface area contributed by atoms with Crippen LogP contribution in [0.3, 0.4) is 0 Å². The van der Waals surface area contributed by atoms with Gasteiger partial charge in [-0.25, -0.2) is 0 Å². The highest BCUT2D eigenvalue weighted by Gasteiger charge is 1.92. The second-order valence-electron chi connectivity index (χ2n) is 2.42. The van der Waals surface area contributed by atoms with Crippen molar-refractivity contribution in [1.82, 2.24) is 0 Å². The average molecular weight is 185 g/mol. The van der Waals surface area contributed by atoms with Crippen LogP contribution in [0.1, 0.15) is 0 Å². The Morgan fingerprint density at radius 2 is 1.71 bits per heavy atom. The molecule has 0 bridgehead atoms. The fourth-order valence-electron chi connectivity index (χ4n) is 0.696. The van der Waals surface area contributed by atoms with Crippen LogP contribution in [0.15, 0.2) is 79.0 Å². The van der Waals surface area contributed by atoms with Gasteiger partial charge in [-0.05, 0) is 11.6 Å². The Morgan fingerprint density at radius 3 is 2.21 bits per heavy atom. The van der Waals surface area contributed by atoms with Crippen LogP contribution in [0.4, 0.5) is 0 Å². The maximum Gasteiger partial charge on any atom is 0.0695 e. The van der Waals surface area contributed by atoms with Crippen LogP contribution in [0.2, 0.25) is 0 Å². The molecule has 0 aliphatic carbocycles. The third-order valence-corrected chi connectivity index (χ3v) is 1.40. The maximum atomic E-state index is 4.15. The predicted octanol–water partition coefficient (Wildman–Crippen LogP) is 3.61. The highest BCUT2D eigenvalue weighted by molar-refractivity contribution is 5.72. The van der Waals surface area contributed by atoms with Gasteiger partial charge in [0.15, 0.2) is 0 Å². The Balaban J connectivity index is 4.78. The minimum Gasteiger partial charge on any atom is -0.256 e. The fraction of sp³-hybridized carbons (Fsp3) is 0. The first-order valence-corrected chi connectivity index (χ1v) is 4.22. The van der Waals surface area contributed by atoms with Crippen LogP contribution >= 0.6 is 0 Å². The van der Waals surface area contributed by atoms with Crippen molar-refractivity contribution >= 4 is 6.21 Å². The van der Waals surface area contributed by atoms with E-state index >= 15 is 0 Å². The quantitative estimate of drug-likeness (QED) is 0.443. The SMILES string of the molecule is C=CC=N/C(=C/C=C\C=C)C(=C)C=C. The van der Waals surface area contributed by atoms with E-state index in [2.05, 4.69) is 31.3 Å². The molecular formula is C13H15N. The molecule has 0 aromatic heterocycles. The number of nitrogens with zero attached hydrogens (tertiary/aromatic N) is 1. The second-order valence-corrected chi connectivity index (χ2v) is 2.42. The van der Waals surface area contributed by atoms with Gasteiger partial charge in [-0.15, -0.1) is 0 Å². The van der Waals surface area contributed by atoms with Crippen molar-refractivity contribution < 1.29 is 0 Å². The van der Waals surface area contributed by atoms with Crippen molar-refractivity contribution in [2.45, 2.75) is 0 Å². The zero-order valence-electron chi connectivity index (χ0n) is 8.32. The first-order chi connectivity index (χ1) is 6.76. The van der Waals surface area contributed by atoms with Gasteiger partial charge in [0.05, 0.1) is 5.70 Å². The van der Waals surface area contributed by atoms with Crippen LogP contribution in [0.25, 0.3) is 0 Å². The van der Waals surface area contributed by atoms with Crippen LogP contribution in [-0.2, 0) is 0 Å². The molecule has 1 nitrogen and oxygen atoms in total. The molecule has 0 aromatic rings. The van der Waals surface area contributed by atoms with Crippen molar-refractivity contribution in [3.63, 3.8) is 0 Å². The molecule has 0 spiro atoms. The van der Waals surface area contributed by atoms with Crippen LogP contribution in [0, 0.1) is 0 Å². The Bertz CT molecular complexity index is 314. The van der Waals surface area contributed by atoms with Gasteiger partial charge in [0.2, 0.25) is 0 Å². The summed E-state index contributed by atoms with van der Waals surface area (Å²) in [7, 11) is 0. The second kappa shape index (κ2) is 7.74. The molecule has 0 saturated carbocycles. The van der Waals surface area contributed by atoms with E-state index < -0.39 is 0 Å². The summed E-state index contributed by atoms with van der Waals surface area (Å²) >= 11 is 0. The summed E-state index contributed by atoms with van der Waals surface area (Å²) in [5, 5.41) is 0. The van der Waals surface area contributed by atoms with Crippen LogP contribution < -0.4 is 0 Å². The summed E-state index contributed by atoms with van der Waals surface area (Å²) in [6.07, 6.45) is 12.1. The first-order valence-electron chi connectivity index (χ1n) is 4.22. The Morgan fingerprint density at radius 1 is 1.00 bits per heavy atom. The van der Waals surface area contributed by atoms with Gasteiger partial charge >= 0.3 is 0 Å². The number of allylic oxidation sites excluding steroid dienone is 6. The zero-order valence-corrected chi connectivity index (χ0v) is 8.32. The van der Waals surface area contributed by atoms with E-state index in [0.29, 0.717) is 0 Å². The smallest absolute Gasteiger partial charge is 0.0695 e. The summed E-state index contributed by atoms with van der Waals surface area (Å²) in [4.78, 5) is 4.15. The molecule has 0 aliphatic rings. The highest BCUT2D eigenvalue weighted by Crippen LogP contribution is 2.09. The number of rotatable bonds is 6. The predicted molar refractivity (Wildman–Crippen MR) is 65.4 cm³/mol. The van der Waals surface area contributed by atoms with Gasteiger partial charge in [0, 0.05) is 6.21 Å². The lowest BCUT2D eigenvalue weighted by Crippen LogP contribution is -1.80. The van der Waals surface area contributed by atoms with Gasteiger partial charge in [0.1, 0.15) is 0 Å². The lowest BCUT2D eigenvalue weighted by molar-refractivity contribution is 1.37. The average Bonchev–Trinajstić information content (AvgIpc) is 2.22. The van der Waals surface area contributed by atoms with Gasteiger partial charge < -0.3 is 0 Å². The highest BCUT2D eigenvalue weighted by atomic mass is 14.7. The Hall–Kier alpha value is -1.89. The first kappa shape index (κ1) is 12.1. The Kier molecular flexibility index (Phi) is 6.70. The molecule has 1 heteroatoms. The van der Waals surface area contributed by atoms with E-state index in [1.165, 1.54) is 0 Å². The molecule has 0 amide bonds. The van der Waals surface area contributed by atoms with E-state index in [0.717, 1.165) is 11.3 Å². The van der Waals surface area contributed by atoms with Crippen molar-refractivity contribution in [3.8, 4) is 0 Å². The normalized spacial score (nSPS) is 11.9. The Labute approximate surface area is 85.9 Å². The summed E-state index contributed by atoms with van der Waals surface area (Å²) in [5.74, 6) is 0. The molecule has 0 saturated heterocycles. The van der Waals surface area contributed by atoms with E-state index in [1.54, 1.807) is 24.4 Å². The minimum atomic E-state index is 0.762. The third kappa shape index (κ3) is 4.88. The van der Waals surface area contributed by atoms with Gasteiger partial charge in [-0.3, -0.25) is 4.99 Å². The van der Waals surface area contributed by atoms with Gasteiger partial charge in [-0.2, -0.15) is 0 Å². The molecule has 0 N–H and O–H groups in total. The minimum absolute atomic E-state index is 0.762. The van der Waals surface area contributed by atoms with Crippen molar-refractivity contribution in [2.24, 2.45) is 4.99 Å². The van der Waals surface area contributed by atoms with Gasteiger partial charge in [-0.1, -0.05) is 56.7 Å². The number of aliphatic imine (C=N–C) groups is 1. The summed E-state index contributed by atoms with van der Waals surface area (Å²) in [6, 6.07) is 0. The molecule has 0 atom stereocenters. The van der Waals surface area contributed by atoms with Crippen molar-refractivity contribution in [3.05, 3.63) is 74.0 Å². The molecule has 0 unspecified atom stereocenters.